The summed E-state index contributed by atoms with van der Waals surface area (Å²) in [5.41, 5.74) is 6.52. The predicted octanol–water partition coefficient (Wildman–Crippen LogP) is 4.90. The van der Waals surface area contributed by atoms with Crippen molar-refractivity contribution in [3.8, 4) is 22.3 Å². The molecule has 0 unspecified atom stereocenters. The third-order valence-electron chi connectivity index (χ3n) is 5.10. The van der Waals surface area contributed by atoms with Gasteiger partial charge in [-0.25, -0.2) is 0 Å². The Kier molecular flexibility index (Phi) is 5.44. The molecule has 1 heterocycles. The van der Waals surface area contributed by atoms with Crippen molar-refractivity contribution in [2.75, 3.05) is 32.8 Å². The minimum absolute atomic E-state index is 0.870. The van der Waals surface area contributed by atoms with E-state index in [1.54, 1.807) is 0 Å². The Morgan fingerprint density at radius 3 is 1.88 bits per heavy atom. The molecule has 0 saturated carbocycles. The number of hydrogen-bond donors (Lipinski definition) is 0. The minimum Gasteiger partial charge on any atom is -0.379 e. The molecule has 0 aliphatic carbocycles. The molecule has 0 amide bonds. The summed E-state index contributed by atoms with van der Waals surface area (Å²) in [6, 6.07) is 28.3. The molecule has 1 aliphatic rings. The number of rotatable bonds is 5. The van der Waals surface area contributed by atoms with Gasteiger partial charge in [-0.2, -0.15) is 0 Å². The summed E-state index contributed by atoms with van der Waals surface area (Å²) < 4.78 is 5.42. The molecule has 1 aliphatic heterocycles. The van der Waals surface area contributed by atoms with Gasteiger partial charge in [-0.05, 0) is 34.2 Å². The zero-order valence-corrected chi connectivity index (χ0v) is 15.1. The maximum atomic E-state index is 5.42. The average Bonchev–Trinajstić information content (AvgIpc) is 2.74. The van der Waals surface area contributed by atoms with Crippen LogP contribution in [0.25, 0.3) is 22.3 Å². The lowest BCUT2D eigenvalue weighted by molar-refractivity contribution is 0.0384. The van der Waals surface area contributed by atoms with Crippen LogP contribution < -0.4 is 0 Å². The van der Waals surface area contributed by atoms with Gasteiger partial charge >= 0.3 is 0 Å². The molecular formula is C24H25NO. The lowest BCUT2D eigenvalue weighted by atomic mass is 9.94. The first kappa shape index (κ1) is 17.0. The van der Waals surface area contributed by atoms with Crippen molar-refractivity contribution >= 4 is 0 Å². The average molecular weight is 343 g/mol. The van der Waals surface area contributed by atoms with E-state index in [4.69, 9.17) is 4.74 Å². The van der Waals surface area contributed by atoms with Gasteiger partial charge < -0.3 is 4.74 Å². The molecule has 3 aromatic rings. The Morgan fingerprint density at radius 1 is 0.654 bits per heavy atom. The van der Waals surface area contributed by atoms with Crippen molar-refractivity contribution in [3.05, 3.63) is 84.4 Å². The van der Waals surface area contributed by atoms with Crippen LogP contribution in [-0.4, -0.2) is 37.7 Å². The van der Waals surface area contributed by atoms with Gasteiger partial charge in [0.2, 0.25) is 0 Å². The van der Waals surface area contributed by atoms with E-state index in [9.17, 15) is 0 Å². The summed E-state index contributed by atoms with van der Waals surface area (Å²) in [5, 5.41) is 0. The van der Waals surface area contributed by atoms with E-state index in [0.717, 1.165) is 39.3 Å². The normalized spacial score (nSPS) is 15.1. The summed E-state index contributed by atoms with van der Waals surface area (Å²) in [7, 11) is 0. The third kappa shape index (κ3) is 4.04. The Labute approximate surface area is 156 Å². The first-order valence-electron chi connectivity index (χ1n) is 9.44. The van der Waals surface area contributed by atoms with Crippen molar-refractivity contribution < 1.29 is 4.74 Å². The summed E-state index contributed by atoms with van der Waals surface area (Å²) in [4.78, 5) is 2.49. The SMILES string of the molecule is c1ccc(-c2ccccc2-c2ccc(CCN3CCOCC3)cc2)cc1. The van der Waals surface area contributed by atoms with Crippen molar-refractivity contribution in [2.24, 2.45) is 0 Å². The van der Waals surface area contributed by atoms with Gasteiger partial charge in [-0.15, -0.1) is 0 Å². The van der Waals surface area contributed by atoms with Gasteiger partial charge in [-0.3, -0.25) is 4.90 Å². The van der Waals surface area contributed by atoms with Gasteiger partial charge in [0.25, 0.3) is 0 Å². The molecule has 4 rings (SSSR count). The van der Waals surface area contributed by atoms with Crippen LogP contribution in [0.4, 0.5) is 0 Å². The Morgan fingerprint density at radius 2 is 1.23 bits per heavy atom. The van der Waals surface area contributed by atoms with Crippen LogP contribution in [-0.2, 0) is 11.2 Å². The van der Waals surface area contributed by atoms with E-state index in [0.29, 0.717) is 0 Å². The fourth-order valence-corrected chi connectivity index (χ4v) is 3.57. The smallest absolute Gasteiger partial charge is 0.0594 e. The molecule has 0 bridgehead atoms. The van der Waals surface area contributed by atoms with Crippen LogP contribution in [0.3, 0.4) is 0 Å². The lowest BCUT2D eigenvalue weighted by Crippen LogP contribution is -2.37. The van der Waals surface area contributed by atoms with Crippen LogP contribution in [0.15, 0.2) is 78.9 Å². The molecule has 132 valence electrons. The number of morpholine rings is 1. The summed E-state index contributed by atoms with van der Waals surface area (Å²) in [5.74, 6) is 0. The molecule has 1 fully saturated rings. The second kappa shape index (κ2) is 8.31. The predicted molar refractivity (Wildman–Crippen MR) is 108 cm³/mol. The molecule has 1 saturated heterocycles. The van der Waals surface area contributed by atoms with Crippen molar-refractivity contribution in [1.82, 2.24) is 4.90 Å². The zero-order valence-electron chi connectivity index (χ0n) is 15.1. The van der Waals surface area contributed by atoms with Gasteiger partial charge in [0.15, 0.2) is 0 Å². The first-order chi connectivity index (χ1) is 12.9. The van der Waals surface area contributed by atoms with Crippen LogP contribution in [0, 0.1) is 0 Å². The van der Waals surface area contributed by atoms with Crippen molar-refractivity contribution in [2.45, 2.75) is 6.42 Å². The Balaban J connectivity index is 1.50. The second-order valence-electron chi connectivity index (χ2n) is 6.81. The standard InChI is InChI=1S/C24H25NO/c1-2-6-21(7-3-1)23-8-4-5-9-24(23)22-12-10-20(11-13-22)14-15-25-16-18-26-19-17-25/h1-13H,14-19H2. The number of ether oxygens (including phenoxy) is 1. The lowest BCUT2D eigenvalue weighted by Gasteiger charge is -2.26. The van der Waals surface area contributed by atoms with Crippen molar-refractivity contribution in [1.29, 1.82) is 0 Å². The number of benzene rings is 3. The molecule has 0 N–H and O–H groups in total. The zero-order chi connectivity index (χ0) is 17.6. The van der Waals surface area contributed by atoms with E-state index in [1.807, 2.05) is 0 Å². The van der Waals surface area contributed by atoms with Crippen LogP contribution in [0.5, 0.6) is 0 Å². The van der Waals surface area contributed by atoms with Gasteiger partial charge in [0, 0.05) is 19.6 Å². The topological polar surface area (TPSA) is 12.5 Å². The highest BCUT2D eigenvalue weighted by atomic mass is 16.5. The van der Waals surface area contributed by atoms with E-state index in [-0.39, 0.29) is 0 Å². The molecule has 26 heavy (non-hydrogen) atoms. The Hall–Kier alpha value is -2.42. The summed E-state index contributed by atoms with van der Waals surface area (Å²) in [6.45, 7) is 4.97. The molecule has 2 nitrogen and oxygen atoms in total. The third-order valence-corrected chi connectivity index (χ3v) is 5.10. The van der Waals surface area contributed by atoms with E-state index < -0.39 is 0 Å². The summed E-state index contributed by atoms with van der Waals surface area (Å²) >= 11 is 0. The minimum atomic E-state index is 0.870. The number of hydrogen-bond acceptors (Lipinski definition) is 2. The van der Waals surface area contributed by atoms with Gasteiger partial charge in [0.05, 0.1) is 13.2 Å². The van der Waals surface area contributed by atoms with Crippen LogP contribution in [0.1, 0.15) is 5.56 Å². The maximum absolute atomic E-state index is 5.42. The van der Waals surface area contributed by atoms with E-state index >= 15 is 0 Å². The number of nitrogens with zero attached hydrogens (tertiary/aromatic N) is 1. The fourth-order valence-electron chi connectivity index (χ4n) is 3.57. The molecule has 0 spiro atoms. The molecular weight excluding hydrogens is 318 g/mol. The largest absolute Gasteiger partial charge is 0.379 e. The highest BCUT2D eigenvalue weighted by molar-refractivity contribution is 5.83. The quantitative estimate of drug-likeness (QED) is 0.654. The molecule has 0 radical (unpaired) electrons. The van der Waals surface area contributed by atoms with Crippen LogP contribution >= 0.6 is 0 Å². The van der Waals surface area contributed by atoms with Gasteiger partial charge in [-0.1, -0.05) is 78.9 Å². The second-order valence-corrected chi connectivity index (χ2v) is 6.81. The highest BCUT2D eigenvalue weighted by Gasteiger charge is 2.10. The summed E-state index contributed by atoms with van der Waals surface area (Å²) in [6.07, 6.45) is 1.10. The van der Waals surface area contributed by atoms with E-state index in [1.165, 1.54) is 27.8 Å². The molecule has 3 aromatic carbocycles. The van der Waals surface area contributed by atoms with Crippen molar-refractivity contribution in [3.63, 3.8) is 0 Å². The highest BCUT2D eigenvalue weighted by Crippen LogP contribution is 2.31. The van der Waals surface area contributed by atoms with E-state index in [2.05, 4.69) is 83.8 Å². The Bertz CT molecular complexity index is 820. The maximum Gasteiger partial charge on any atom is 0.0594 e. The monoisotopic (exact) mass is 343 g/mol. The van der Waals surface area contributed by atoms with Crippen LogP contribution in [0.2, 0.25) is 0 Å². The molecule has 0 atom stereocenters. The first-order valence-corrected chi connectivity index (χ1v) is 9.44. The molecule has 2 heteroatoms. The molecule has 0 aromatic heterocycles. The fraction of sp³-hybridized carbons (Fsp3) is 0.250. The van der Waals surface area contributed by atoms with Gasteiger partial charge in [0.1, 0.15) is 0 Å².